The number of aromatic amines is 1. The predicted octanol–water partition coefficient (Wildman–Crippen LogP) is 3.63. The van der Waals surface area contributed by atoms with E-state index in [4.69, 9.17) is 0 Å². The van der Waals surface area contributed by atoms with E-state index in [2.05, 4.69) is 25.5 Å². The molecule has 4 heterocycles. The standard InChI is InChI=1S/C24H20F4N8O2/c1-13(31-18-11-30-33-22(37)20(18)24(26,27)28)3-2-6-35-7-4-14-9-16(17(25)10-15(14)23(35)38)21-32-19-12-29-5-8-36(19)34-21/h4-5,7-13H,2-3,6H2,1H3,(H2,31,33,37). The van der Waals surface area contributed by atoms with Crippen LogP contribution in [-0.2, 0) is 12.7 Å². The number of nitrogens with one attached hydrogen (secondary N) is 2. The Labute approximate surface area is 211 Å². The summed E-state index contributed by atoms with van der Waals surface area (Å²) >= 11 is 0. The predicted molar refractivity (Wildman–Crippen MR) is 130 cm³/mol. The van der Waals surface area contributed by atoms with Gasteiger partial charge >= 0.3 is 6.18 Å². The number of aromatic nitrogens is 7. The molecular weight excluding hydrogens is 508 g/mol. The summed E-state index contributed by atoms with van der Waals surface area (Å²) in [5.41, 5.74) is -2.90. The van der Waals surface area contributed by atoms with Gasteiger partial charge in [-0.1, -0.05) is 0 Å². The van der Waals surface area contributed by atoms with Crippen molar-refractivity contribution in [3.05, 3.63) is 81.3 Å². The van der Waals surface area contributed by atoms with Crippen LogP contribution in [0.1, 0.15) is 25.3 Å². The third-order valence-electron chi connectivity index (χ3n) is 6.02. The summed E-state index contributed by atoms with van der Waals surface area (Å²) in [7, 11) is 0. The van der Waals surface area contributed by atoms with E-state index in [0.29, 0.717) is 23.9 Å². The molecule has 0 saturated carbocycles. The monoisotopic (exact) mass is 528 g/mol. The molecule has 5 rings (SSSR count). The molecule has 0 spiro atoms. The molecule has 0 saturated heterocycles. The summed E-state index contributed by atoms with van der Waals surface area (Å²) in [6.07, 6.45) is 3.07. The van der Waals surface area contributed by atoms with Crippen molar-refractivity contribution in [1.82, 2.24) is 34.3 Å². The van der Waals surface area contributed by atoms with E-state index in [0.717, 1.165) is 12.3 Å². The van der Waals surface area contributed by atoms with Crippen LogP contribution in [0.25, 0.3) is 27.8 Å². The number of anilines is 1. The van der Waals surface area contributed by atoms with Gasteiger partial charge in [-0.2, -0.15) is 18.3 Å². The number of H-pyrrole nitrogens is 1. The van der Waals surface area contributed by atoms with Crippen molar-refractivity contribution in [2.75, 3.05) is 5.32 Å². The molecule has 0 amide bonds. The van der Waals surface area contributed by atoms with Crippen molar-refractivity contribution in [3.63, 3.8) is 0 Å². The molecular formula is C24H20F4N8O2. The Morgan fingerprint density at radius 1 is 1.16 bits per heavy atom. The molecule has 0 aliphatic rings. The van der Waals surface area contributed by atoms with Gasteiger partial charge < -0.3 is 9.88 Å². The Kier molecular flexibility index (Phi) is 6.38. The summed E-state index contributed by atoms with van der Waals surface area (Å²) in [4.78, 5) is 32.9. The molecule has 10 nitrogen and oxygen atoms in total. The van der Waals surface area contributed by atoms with Gasteiger partial charge in [-0.15, -0.1) is 5.10 Å². The van der Waals surface area contributed by atoms with Gasteiger partial charge in [0.2, 0.25) is 0 Å². The van der Waals surface area contributed by atoms with E-state index in [1.165, 1.54) is 27.5 Å². The Balaban J connectivity index is 1.31. The number of aryl methyl sites for hydroxylation is 1. The highest BCUT2D eigenvalue weighted by molar-refractivity contribution is 5.86. The first kappa shape index (κ1) is 25.0. The molecule has 1 unspecified atom stereocenters. The number of nitrogens with zero attached hydrogens (tertiary/aromatic N) is 6. The molecule has 14 heteroatoms. The minimum absolute atomic E-state index is 0.144. The zero-order valence-corrected chi connectivity index (χ0v) is 19.8. The minimum atomic E-state index is -4.84. The molecule has 1 aromatic carbocycles. The third kappa shape index (κ3) is 4.84. The van der Waals surface area contributed by atoms with Crippen LogP contribution >= 0.6 is 0 Å². The van der Waals surface area contributed by atoms with Gasteiger partial charge in [0.05, 0.1) is 29.0 Å². The number of halogens is 4. The lowest BCUT2D eigenvalue weighted by atomic mass is 10.1. The molecule has 1 atom stereocenters. The van der Waals surface area contributed by atoms with E-state index >= 15 is 0 Å². The highest BCUT2D eigenvalue weighted by atomic mass is 19.4. The van der Waals surface area contributed by atoms with Gasteiger partial charge in [0.15, 0.2) is 11.5 Å². The van der Waals surface area contributed by atoms with Crippen LogP contribution in [0, 0.1) is 5.82 Å². The maximum Gasteiger partial charge on any atom is 0.423 e. The van der Waals surface area contributed by atoms with Gasteiger partial charge in [0.1, 0.15) is 11.4 Å². The highest BCUT2D eigenvalue weighted by Crippen LogP contribution is 2.32. The summed E-state index contributed by atoms with van der Waals surface area (Å²) < 4.78 is 57.6. The number of benzene rings is 1. The average Bonchev–Trinajstić information content (AvgIpc) is 3.29. The Morgan fingerprint density at radius 3 is 2.74 bits per heavy atom. The number of pyridine rings is 1. The second kappa shape index (κ2) is 9.68. The van der Waals surface area contributed by atoms with Crippen molar-refractivity contribution >= 4 is 22.1 Å². The van der Waals surface area contributed by atoms with E-state index in [-0.39, 0.29) is 23.3 Å². The first-order chi connectivity index (χ1) is 18.1. The molecule has 0 fully saturated rings. The van der Waals surface area contributed by atoms with Crippen LogP contribution in [0.3, 0.4) is 0 Å². The van der Waals surface area contributed by atoms with Crippen molar-refractivity contribution in [3.8, 4) is 11.4 Å². The Morgan fingerprint density at radius 2 is 1.97 bits per heavy atom. The molecule has 0 aliphatic heterocycles. The van der Waals surface area contributed by atoms with Crippen LogP contribution in [0.15, 0.2) is 58.8 Å². The van der Waals surface area contributed by atoms with E-state index in [1.54, 1.807) is 30.5 Å². The summed E-state index contributed by atoms with van der Waals surface area (Å²) in [5, 5.41) is 12.8. The first-order valence-electron chi connectivity index (χ1n) is 11.5. The van der Waals surface area contributed by atoms with Crippen molar-refractivity contribution in [2.45, 2.75) is 38.5 Å². The fourth-order valence-corrected chi connectivity index (χ4v) is 4.21. The largest absolute Gasteiger partial charge is 0.423 e. The van der Waals surface area contributed by atoms with E-state index in [9.17, 15) is 27.2 Å². The molecule has 0 radical (unpaired) electrons. The van der Waals surface area contributed by atoms with E-state index < -0.39 is 40.4 Å². The molecule has 38 heavy (non-hydrogen) atoms. The number of hydrogen-bond donors (Lipinski definition) is 2. The van der Waals surface area contributed by atoms with E-state index in [1.807, 2.05) is 0 Å². The third-order valence-corrected chi connectivity index (χ3v) is 6.02. The van der Waals surface area contributed by atoms with Crippen molar-refractivity contribution in [2.24, 2.45) is 0 Å². The van der Waals surface area contributed by atoms with Crippen LogP contribution < -0.4 is 16.4 Å². The topological polar surface area (TPSA) is 123 Å². The van der Waals surface area contributed by atoms with Crippen LogP contribution in [0.5, 0.6) is 0 Å². The molecule has 0 aliphatic carbocycles. The van der Waals surface area contributed by atoms with Crippen molar-refractivity contribution in [1.29, 1.82) is 0 Å². The maximum atomic E-state index is 15.0. The average molecular weight is 528 g/mol. The highest BCUT2D eigenvalue weighted by Gasteiger charge is 2.37. The molecule has 2 N–H and O–H groups in total. The van der Waals surface area contributed by atoms with Crippen LogP contribution in [0.2, 0.25) is 0 Å². The minimum Gasteiger partial charge on any atom is -0.381 e. The van der Waals surface area contributed by atoms with Gasteiger partial charge in [0, 0.05) is 31.2 Å². The molecule has 0 bridgehead atoms. The maximum absolute atomic E-state index is 15.0. The fraction of sp³-hybridized carbons (Fsp3) is 0.250. The lowest BCUT2D eigenvalue weighted by Gasteiger charge is -2.18. The second-order valence-corrected chi connectivity index (χ2v) is 8.72. The van der Waals surface area contributed by atoms with Crippen LogP contribution in [0.4, 0.5) is 23.2 Å². The molecule has 5 aromatic rings. The lowest BCUT2D eigenvalue weighted by Crippen LogP contribution is -2.27. The Bertz CT molecular complexity index is 1730. The summed E-state index contributed by atoms with van der Waals surface area (Å²) in [6, 6.07) is 3.88. The number of rotatable bonds is 7. The Hall–Kier alpha value is -4.62. The number of alkyl halides is 3. The summed E-state index contributed by atoms with van der Waals surface area (Å²) in [5.74, 6) is -0.492. The number of fused-ring (bicyclic) bond motifs is 2. The lowest BCUT2D eigenvalue weighted by molar-refractivity contribution is -0.138. The molecule has 4 aromatic heterocycles. The fourth-order valence-electron chi connectivity index (χ4n) is 4.21. The second-order valence-electron chi connectivity index (χ2n) is 8.72. The SMILES string of the molecule is CC(CCCn1ccc2cc(-c3nc4cnccn4n3)c(F)cc2c1=O)Nc1cn[nH]c(=O)c1C(F)(F)F. The number of hydrogen-bond acceptors (Lipinski definition) is 7. The zero-order chi connectivity index (χ0) is 27.0. The van der Waals surface area contributed by atoms with Crippen molar-refractivity contribution < 1.29 is 17.6 Å². The van der Waals surface area contributed by atoms with Gasteiger partial charge in [-0.05, 0) is 43.4 Å². The quantitative estimate of drug-likeness (QED) is 0.309. The molecule has 196 valence electrons. The first-order valence-corrected chi connectivity index (χ1v) is 11.5. The van der Waals surface area contributed by atoms with Gasteiger partial charge in [-0.25, -0.2) is 19.0 Å². The zero-order valence-electron chi connectivity index (χ0n) is 19.8. The van der Waals surface area contributed by atoms with Gasteiger partial charge in [0.25, 0.3) is 11.1 Å². The summed E-state index contributed by atoms with van der Waals surface area (Å²) in [6.45, 7) is 1.91. The van der Waals surface area contributed by atoms with Gasteiger partial charge in [-0.3, -0.25) is 14.6 Å². The smallest absolute Gasteiger partial charge is 0.381 e. The normalized spacial score (nSPS) is 12.8. The van der Waals surface area contributed by atoms with Crippen LogP contribution in [-0.4, -0.2) is 40.4 Å².